The molecule has 31 heavy (non-hydrogen) atoms. The molecule has 172 valence electrons. The highest BCUT2D eigenvalue weighted by Gasteiger charge is 2.65. The molecule has 4 saturated carbocycles. The van der Waals surface area contributed by atoms with E-state index in [1.165, 1.54) is 0 Å². The number of methoxy groups -OCH3 is 1. The molecule has 1 heterocycles. The van der Waals surface area contributed by atoms with E-state index in [0.717, 1.165) is 50.9 Å². The lowest BCUT2D eigenvalue weighted by Gasteiger charge is -2.61. The van der Waals surface area contributed by atoms with Crippen molar-refractivity contribution in [2.24, 2.45) is 39.7 Å². The van der Waals surface area contributed by atoms with Crippen LogP contribution in [0.15, 0.2) is 5.16 Å². The SMILES string of the molecule is COC1CC2C3CCC(=O)[C@@]3(C)CCC2[C@@]2(CO)C(=N)CC(=NO[C@H]3CCNC3)C[C@H]12. The van der Waals surface area contributed by atoms with Crippen molar-refractivity contribution in [3.05, 3.63) is 0 Å². The molecule has 0 aromatic rings. The number of ether oxygens (including phenoxy) is 1. The highest BCUT2D eigenvalue weighted by molar-refractivity contribution is 6.08. The van der Waals surface area contributed by atoms with E-state index in [1.807, 2.05) is 0 Å². The summed E-state index contributed by atoms with van der Waals surface area (Å²) >= 11 is 0. The summed E-state index contributed by atoms with van der Waals surface area (Å²) < 4.78 is 6.02. The third kappa shape index (κ3) is 3.14. The van der Waals surface area contributed by atoms with E-state index in [9.17, 15) is 9.90 Å². The summed E-state index contributed by atoms with van der Waals surface area (Å²) in [5.74, 6) is 1.37. The minimum atomic E-state index is -0.565. The molecular weight excluding hydrogens is 394 g/mol. The Morgan fingerprint density at radius 2 is 2.10 bits per heavy atom. The minimum Gasteiger partial charge on any atom is -0.395 e. The van der Waals surface area contributed by atoms with Gasteiger partial charge in [0.25, 0.3) is 0 Å². The first-order valence-corrected chi connectivity index (χ1v) is 12.1. The fourth-order valence-corrected chi connectivity index (χ4v) is 8.05. The van der Waals surface area contributed by atoms with Crippen molar-refractivity contribution in [1.82, 2.24) is 5.32 Å². The first-order valence-electron chi connectivity index (χ1n) is 12.1. The number of aliphatic hydroxyl groups excluding tert-OH is 1. The second kappa shape index (κ2) is 7.92. The number of hydrogen-bond donors (Lipinski definition) is 3. The number of nitrogens with one attached hydrogen (secondary N) is 2. The number of carbonyl (C=O) groups is 1. The van der Waals surface area contributed by atoms with E-state index in [-0.39, 0.29) is 36.1 Å². The van der Waals surface area contributed by atoms with E-state index in [1.54, 1.807) is 7.11 Å². The van der Waals surface area contributed by atoms with Crippen LogP contribution < -0.4 is 5.32 Å². The summed E-state index contributed by atoms with van der Waals surface area (Å²) in [5.41, 5.74) is 0.700. The molecule has 0 aromatic carbocycles. The van der Waals surface area contributed by atoms with E-state index >= 15 is 0 Å². The molecule has 5 aliphatic rings. The van der Waals surface area contributed by atoms with Gasteiger partial charge in [0.15, 0.2) is 0 Å². The van der Waals surface area contributed by atoms with Crippen LogP contribution in [0.3, 0.4) is 0 Å². The van der Waals surface area contributed by atoms with Crippen molar-refractivity contribution < 1.29 is 19.5 Å². The number of aliphatic hydroxyl groups is 1. The van der Waals surface area contributed by atoms with Crippen molar-refractivity contribution in [3.8, 4) is 0 Å². The maximum atomic E-state index is 12.7. The largest absolute Gasteiger partial charge is 0.395 e. The van der Waals surface area contributed by atoms with Gasteiger partial charge in [-0.1, -0.05) is 12.1 Å². The first kappa shape index (κ1) is 21.5. The van der Waals surface area contributed by atoms with E-state index in [2.05, 4.69) is 17.4 Å². The zero-order valence-electron chi connectivity index (χ0n) is 18.9. The maximum Gasteiger partial charge on any atom is 0.141 e. The van der Waals surface area contributed by atoms with Gasteiger partial charge in [-0.2, -0.15) is 0 Å². The van der Waals surface area contributed by atoms with Gasteiger partial charge in [0.05, 0.1) is 18.4 Å². The quantitative estimate of drug-likeness (QED) is 0.594. The molecule has 7 nitrogen and oxygen atoms in total. The summed E-state index contributed by atoms with van der Waals surface area (Å²) in [7, 11) is 1.75. The van der Waals surface area contributed by atoms with Crippen LogP contribution in [-0.4, -0.2) is 61.3 Å². The highest BCUT2D eigenvalue weighted by atomic mass is 16.6. The van der Waals surface area contributed by atoms with Gasteiger partial charge < -0.3 is 25.4 Å². The van der Waals surface area contributed by atoms with Gasteiger partial charge >= 0.3 is 0 Å². The van der Waals surface area contributed by atoms with Gasteiger partial charge in [-0.25, -0.2) is 0 Å². The van der Waals surface area contributed by atoms with Crippen molar-refractivity contribution in [1.29, 1.82) is 5.41 Å². The number of oxime groups is 1. The molecule has 8 atom stereocenters. The second-order valence-corrected chi connectivity index (χ2v) is 10.8. The Morgan fingerprint density at radius 3 is 2.81 bits per heavy atom. The predicted octanol–water partition coefficient (Wildman–Crippen LogP) is 2.56. The van der Waals surface area contributed by atoms with Crippen molar-refractivity contribution in [2.75, 3.05) is 26.8 Å². The molecule has 3 N–H and O–H groups in total. The number of Topliss-reactive ketones (excluding diaryl/α,β-unsaturated/α-hetero) is 1. The predicted molar refractivity (Wildman–Crippen MR) is 117 cm³/mol. The van der Waals surface area contributed by atoms with Gasteiger partial charge in [0, 0.05) is 55.4 Å². The van der Waals surface area contributed by atoms with Crippen LogP contribution in [0.1, 0.15) is 58.3 Å². The first-order chi connectivity index (χ1) is 14.9. The average molecular weight is 432 g/mol. The Bertz CT molecular complexity index is 779. The van der Waals surface area contributed by atoms with Crippen LogP contribution in [0.5, 0.6) is 0 Å². The van der Waals surface area contributed by atoms with Gasteiger partial charge in [0.2, 0.25) is 0 Å². The Balaban J connectivity index is 1.45. The van der Waals surface area contributed by atoms with E-state index in [0.29, 0.717) is 42.6 Å². The second-order valence-electron chi connectivity index (χ2n) is 10.8. The van der Waals surface area contributed by atoms with Crippen LogP contribution in [0.4, 0.5) is 0 Å². The van der Waals surface area contributed by atoms with E-state index < -0.39 is 5.41 Å². The van der Waals surface area contributed by atoms with Gasteiger partial charge in [-0.05, 0) is 56.4 Å². The zero-order chi connectivity index (χ0) is 21.8. The van der Waals surface area contributed by atoms with Crippen LogP contribution in [-0.2, 0) is 14.4 Å². The molecule has 0 radical (unpaired) electrons. The molecule has 0 bridgehead atoms. The van der Waals surface area contributed by atoms with Crippen LogP contribution in [0, 0.1) is 39.9 Å². The highest BCUT2D eigenvalue weighted by Crippen LogP contribution is 2.64. The number of ketones is 1. The number of nitrogens with zero attached hydrogens (tertiary/aromatic N) is 1. The summed E-state index contributed by atoms with van der Waals surface area (Å²) in [6.07, 6.45) is 6.55. The molecule has 1 aliphatic heterocycles. The van der Waals surface area contributed by atoms with Gasteiger partial charge in [-0.15, -0.1) is 0 Å². The standard InChI is InChI=1S/C24H37N3O4/c1-23-7-5-18-16(17(23)3-4-22(23)29)11-20(30-2)19-9-14(10-21(25)24(18,19)13-28)27-31-15-6-8-26-12-15/h15-20,25-26,28H,3-13H2,1-2H3/t15-,16?,17?,18?,19+,20?,23-,24+/m0/s1. The Kier molecular flexibility index (Phi) is 5.50. The molecule has 7 heteroatoms. The third-order valence-corrected chi connectivity index (χ3v) is 9.73. The molecule has 0 spiro atoms. The van der Waals surface area contributed by atoms with Gasteiger partial charge in [-0.3, -0.25) is 4.79 Å². The molecular formula is C24H37N3O4. The number of fused-ring (bicyclic) bond motifs is 5. The topological polar surface area (TPSA) is 104 Å². The monoisotopic (exact) mass is 431 g/mol. The fourth-order valence-electron chi connectivity index (χ4n) is 8.05. The Morgan fingerprint density at radius 1 is 1.26 bits per heavy atom. The summed E-state index contributed by atoms with van der Waals surface area (Å²) in [6, 6.07) is 0. The smallest absolute Gasteiger partial charge is 0.141 e. The number of rotatable bonds is 4. The molecule has 1 saturated heterocycles. The van der Waals surface area contributed by atoms with Crippen molar-refractivity contribution in [2.45, 2.75) is 70.5 Å². The lowest BCUT2D eigenvalue weighted by Crippen LogP contribution is -2.64. The summed E-state index contributed by atoms with van der Waals surface area (Å²) in [4.78, 5) is 18.5. The summed E-state index contributed by atoms with van der Waals surface area (Å²) in [6.45, 7) is 3.92. The number of carbonyl (C=O) groups excluding carboxylic acids is 1. The molecule has 0 aromatic heterocycles. The zero-order valence-corrected chi connectivity index (χ0v) is 18.9. The fraction of sp³-hybridized carbons (Fsp3) is 0.875. The normalized spacial score (nSPS) is 48.4. The molecule has 4 unspecified atom stereocenters. The Hall–Kier alpha value is -1.31. The molecule has 4 aliphatic carbocycles. The van der Waals surface area contributed by atoms with Crippen molar-refractivity contribution >= 4 is 17.2 Å². The molecule has 0 amide bonds. The van der Waals surface area contributed by atoms with Crippen molar-refractivity contribution in [3.63, 3.8) is 0 Å². The maximum absolute atomic E-state index is 12.7. The Labute approximate surface area is 184 Å². The van der Waals surface area contributed by atoms with Crippen LogP contribution >= 0.6 is 0 Å². The van der Waals surface area contributed by atoms with Crippen LogP contribution in [0.25, 0.3) is 0 Å². The molecule has 5 rings (SSSR count). The number of hydrogen-bond acceptors (Lipinski definition) is 7. The average Bonchev–Trinajstić information content (AvgIpc) is 3.39. The third-order valence-electron chi connectivity index (χ3n) is 9.73. The lowest BCUT2D eigenvalue weighted by molar-refractivity contribution is -0.151. The minimum absolute atomic E-state index is 0.0183. The lowest BCUT2D eigenvalue weighted by atomic mass is 9.43. The molecule has 5 fully saturated rings. The van der Waals surface area contributed by atoms with E-state index in [4.69, 9.17) is 15.0 Å². The summed E-state index contributed by atoms with van der Waals surface area (Å²) in [5, 5.41) is 27.7. The van der Waals surface area contributed by atoms with Gasteiger partial charge in [0.1, 0.15) is 11.9 Å². The van der Waals surface area contributed by atoms with Crippen LogP contribution in [0.2, 0.25) is 0 Å².